The molecule has 2 heterocycles. The SMILES string of the molecule is C[Si]1(C)CC[Si](C)(C)N1C1CCSC1=O. The van der Waals surface area contributed by atoms with Gasteiger partial charge in [0.15, 0.2) is 0 Å². The number of rotatable bonds is 1. The molecule has 86 valence electrons. The third-order valence-electron chi connectivity index (χ3n) is 3.87. The van der Waals surface area contributed by atoms with E-state index < -0.39 is 16.5 Å². The summed E-state index contributed by atoms with van der Waals surface area (Å²) in [4.78, 5) is 11.9. The van der Waals surface area contributed by atoms with Crippen molar-refractivity contribution in [1.82, 2.24) is 4.23 Å². The quantitative estimate of drug-likeness (QED) is 0.675. The van der Waals surface area contributed by atoms with E-state index in [9.17, 15) is 4.79 Å². The minimum absolute atomic E-state index is 0.292. The average Bonchev–Trinajstić information content (AvgIpc) is 2.56. The van der Waals surface area contributed by atoms with Gasteiger partial charge in [-0.2, -0.15) is 0 Å². The molecule has 0 bridgehead atoms. The van der Waals surface area contributed by atoms with Gasteiger partial charge >= 0.3 is 0 Å². The lowest BCUT2D eigenvalue weighted by molar-refractivity contribution is -0.113. The summed E-state index contributed by atoms with van der Waals surface area (Å²) >= 11 is 1.56. The van der Waals surface area contributed by atoms with Crippen molar-refractivity contribution in [3.05, 3.63) is 0 Å². The van der Waals surface area contributed by atoms with Gasteiger partial charge in [-0.1, -0.05) is 37.9 Å². The molecule has 15 heavy (non-hydrogen) atoms. The van der Waals surface area contributed by atoms with E-state index in [1.54, 1.807) is 11.8 Å². The fourth-order valence-corrected chi connectivity index (χ4v) is 19.2. The standard InChI is InChI=1S/C10H21NOSSi2/c1-14(2)7-8-15(3,4)11(14)9-5-6-13-10(9)12/h9H,5-8H2,1-4H3. The van der Waals surface area contributed by atoms with Gasteiger partial charge < -0.3 is 4.23 Å². The maximum Gasteiger partial charge on any atom is 0.204 e. The Morgan fingerprint density at radius 2 is 1.73 bits per heavy atom. The van der Waals surface area contributed by atoms with Crippen LogP contribution in [-0.2, 0) is 4.79 Å². The van der Waals surface area contributed by atoms with Crippen molar-refractivity contribution in [3.63, 3.8) is 0 Å². The molecule has 0 amide bonds. The molecule has 0 spiro atoms. The monoisotopic (exact) mass is 259 g/mol. The van der Waals surface area contributed by atoms with Gasteiger partial charge in [-0.15, -0.1) is 0 Å². The lowest BCUT2D eigenvalue weighted by Crippen LogP contribution is -2.60. The molecule has 1 atom stereocenters. The van der Waals surface area contributed by atoms with Gasteiger partial charge in [0.05, 0.1) is 6.04 Å². The molecule has 2 saturated heterocycles. The van der Waals surface area contributed by atoms with Crippen LogP contribution < -0.4 is 0 Å². The number of carbonyl (C=O) groups excluding carboxylic acids is 1. The van der Waals surface area contributed by atoms with Crippen molar-refractivity contribution < 1.29 is 4.79 Å². The molecule has 2 nitrogen and oxygen atoms in total. The number of nitrogens with zero attached hydrogens (tertiary/aromatic N) is 1. The van der Waals surface area contributed by atoms with Crippen LogP contribution in [0.25, 0.3) is 0 Å². The van der Waals surface area contributed by atoms with Gasteiger partial charge in [0, 0.05) is 5.75 Å². The summed E-state index contributed by atoms with van der Waals surface area (Å²) in [6.07, 6.45) is 1.11. The van der Waals surface area contributed by atoms with Gasteiger partial charge in [0.25, 0.3) is 0 Å². The van der Waals surface area contributed by atoms with Gasteiger partial charge in [-0.3, -0.25) is 4.79 Å². The average molecular weight is 260 g/mol. The second kappa shape index (κ2) is 3.72. The molecular weight excluding hydrogens is 238 g/mol. The zero-order valence-electron chi connectivity index (χ0n) is 10.2. The Balaban J connectivity index is 2.28. The van der Waals surface area contributed by atoms with Crippen LogP contribution in [0, 0.1) is 0 Å². The van der Waals surface area contributed by atoms with E-state index in [-0.39, 0.29) is 0 Å². The minimum Gasteiger partial charge on any atom is -0.336 e. The molecule has 0 N–H and O–H groups in total. The van der Waals surface area contributed by atoms with Gasteiger partial charge in [0.2, 0.25) is 5.12 Å². The summed E-state index contributed by atoms with van der Waals surface area (Å²) in [6.45, 7) is 9.80. The van der Waals surface area contributed by atoms with E-state index in [0.29, 0.717) is 11.2 Å². The minimum atomic E-state index is -1.25. The second-order valence-electron chi connectivity index (χ2n) is 5.97. The lowest BCUT2D eigenvalue weighted by atomic mass is 10.3. The van der Waals surface area contributed by atoms with Crippen LogP contribution >= 0.6 is 11.8 Å². The van der Waals surface area contributed by atoms with Crippen LogP contribution in [0.5, 0.6) is 0 Å². The molecule has 0 saturated carbocycles. The van der Waals surface area contributed by atoms with Gasteiger partial charge in [-0.05, 0) is 18.5 Å². The fraction of sp³-hybridized carbons (Fsp3) is 0.900. The number of thioether (sulfide) groups is 1. The van der Waals surface area contributed by atoms with Crippen molar-refractivity contribution in [3.8, 4) is 0 Å². The molecule has 2 fully saturated rings. The normalized spacial score (nSPS) is 34.9. The number of hydrogen-bond acceptors (Lipinski definition) is 3. The summed E-state index contributed by atoms with van der Waals surface area (Å²) in [6, 6.07) is 3.10. The van der Waals surface area contributed by atoms with Crippen molar-refractivity contribution >= 4 is 33.3 Å². The van der Waals surface area contributed by atoms with Crippen molar-refractivity contribution in [2.24, 2.45) is 0 Å². The highest BCUT2D eigenvalue weighted by molar-refractivity contribution is 8.14. The van der Waals surface area contributed by atoms with Crippen molar-refractivity contribution in [2.75, 3.05) is 5.75 Å². The highest BCUT2D eigenvalue weighted by Crippen LogP contribution is 2.42. The molecular formula is C10H21NOSSi2. The largest absolute Gasteiger partial charge is 0.336 e. The van der Waals surface area contributed by atoms with E-state index in [1.807, 2.05) is 0 Å². The lowest BCUT2D eigenvalue weighted by Gasteiger charge is -2.42. The summed E-state index contributed by atoms with van der Waals surface area (Å²) in [5.74, 6) is 1.05. The van der Waals surface area contributed by atoms with E-state index in [2.05, 4.69) is 30.4 Å². The van der Waals surface area contributed by atoms with E-state index in [0.717, 1.165) is 12.2 Å². The molecule has 0 aromatic rings. The van der Waals surface area contributed by atoms with Crippen LogP contribution in [0.2, 0.25) is 38.3 Å². The smallest absolute Gasteiger partial charge is 0.204 e. The first-order chi connectivity index (χ1) is 6.84. The van der Waals surface area contributed by atoms with Crippen LogP contribution in [0.15, 0.2) is 0 Å². The Bertz CT molecular complexity index is 277. The Kier molecular flexibility index (Phi) is 2.95. The Labute approximate surface area is 99.0 Å². The molecule has 0 aliphatic carbocycles. The van der Waals surface area contributed by atoms with Gasteiger partial charge in [-0.25, -0.2) is 0 Å². The topological polar surface area (TPSA) is 20.3 Å². The van der Waals surface area contributed by atoms with Gasteiger partial charge in [0.1, 0.15) is 16.5 Å². The zero-order chi connectivity index (χ0) is 11.3. The van der Waals surface area contributed by atoms with E-state index in [4.69, 9.17) is 0 Å². The second-order valence-corrected chi connectivity index (χ2v) is 16.7. The van der Waals surface area contributed by atoms with Crippen LogP contribution in [0.1, 0.15) is 6.42 Å². The molecule has 0 aromatic heterocycles. The van der Waals surface area contributed by atoms with Crippen molar-refractivity contribution in [1.29, 1.82) is 0 Å². The Hall–Kier alpha value is 0.414. The Morgan fingerprint density at radius 3 is 2.13 bits per heavy atom. The van der Waals surface area contributed by atoms with Crippen LogP contribution in [0.4, 0.5) is 0 Å². The number of hydrogen-bond donors (Lipinski definition) is 0. The maximum atomic E-state index is 11.9. The first-order valence-corrected chi connectivity index (χ1v) is 13.1. The first-order valence-electron chi connectivity index (χ1n) is 5.81. The predicted molar refractivity (Wildman–Crippen MR) is 72.3 cm³/mol. The zero-order valence-corrected chi connectivity index (χ0v) is 13.0. The maximum absolute atomic E-state index is 11.9. The van der Waals surface area contributed by atoms with Crippen LogP contribution in [-0.4, -0.2) is 37.6 Å². The molecule has 5 heteroatoms. The third-order valence-corrected chi connectivity index (χ3v) is 15.2. The Morgan fingerprint density at radius 1 is 1.20 bits per heavy atom. The molecule has 2 rings (SSSR count). The molecule has 2 aliphatic rings. The highest BCUT2D eigenvalue weighted by atomic mass is 32.2. The van der Waals surface area contributed by atoms with Crippen LogP contribution in [0.3, 0.4) is 0 Å². The molecule has 2 aliphatic heterocycles. The van der Waals surface area contributed by atoms with Crippen molar-refractivity contribution in [2.45, 2.75) is 50.7 Å². The summed E-state index contributed by atoms with van der Waals surface area (Å²) in [5.41, 5.74) is 0. The molecule has 0 radical (unpaired) electrons. The summed E-state index contributed by atoms with van der Waals surface area (Å²) < 4.78 is 2.75. The third kappa shape index (κ3) is 1.99. The molecule has 1 unspecified atom stereocenters. The predicted octanol–water partition coefficient (Wildman–Crippen LogP) is 2.74. The summed E-state index contributed by atoms with van der Waals surface area (Å²) in [5, 5.41) is 0.457. The number of carbonyl (C=O) groups is 1. The first kappa shape index (κ1) is 11.9. The van der Waals surface area contributed by atoms with E-state index in [1.165, 1.54) is 12.1 Å². The summed E-state index contributed by atoms with van der Waals surface area (Å²) in [7, 11) is -2.50. The fourth-order valence-electron chi connectivity index (χ4n) is 3.24. The molecule has 0 aromatic carbocycles. The highest BCUT2D eigenvalue weighted by Gasteiger charge is 2.52. The van der Waals surface area contributed by atoms with E-state index >= 15 is 0 Å².